The Balaban J connectivity index is 1.40. The van der Waals surface area contributed by atoms with Crippen LogP contribution in [-0.4, -0.2) is 8.07 Å². The predicted molar refractivity (Wildman–Crippen MR) is 204 cm³/mol. The molecule has 0 aliphatic heterocycles. The highest BCUT2D eigenvalue weighted by molar-refractivity contribution is 6.88. The molecule has 46 heavy (non-hydrogen) atoms. The van der Waals surface area contributed by atoms with E-state index < -0.39 is 8.07 Å². The third-order valence-corrected chi connectivity index (χ3v) is 11.5. The molecular weight excluding hydrogens is 569 g/mol. The number of rotatable bonds is 5. The first kappa shape index (κ1) is 28.2. The van der Waals surface area contributed by atoms with Gasteiger partial charge in [0, 0.05) is 0 Å². The molecule has 8 aromatic carbocycles. The molecule has 0 N–H and O–H groups in total. The molecule has 0 aliphatic rings. The van der Waals surface area contributed by atoms with Crippen molar-refractivity contribution in [3.8, 4) is 44.5 Å². The zero-order chi connectivity index (χ0) is 31.3. The lowest BCUT2D eigenvalue weighted by Gasteiger charge is -2.21. The quantitative estimate of drug-likeness (QED) is 0.135. The van der Waals surface area contributed by atoms with Gasteiger partial charge in [0.2, 0.25) is 0 Å². The molecule has 0 saturated heterocycles. The summed E-state index contributed by atoms with van der Waals surface area (Å²) in [6, 6.07) is 60.6. The van der Waals surface area contributed by atoms with E-state index in [0.29, 0.717) is 0 Å². The van der Waals surface area contributed by atoms with E-state index in [1.807, 2.05) is 0 Å². The maximum absolute atomic E-state index is 2.45. The second-order valence-electron chi connectivity index (χ2n) is 13.3. The molecule has 0 unspecified atom stereocenters. The van der Waals surface area contributed by atoms with Crippen molar-refractivity contribution in [2.75, 3.05) is 0 Å². The molecule has 0 spiro atoms. The van der Waals surface area contributed by atoms with Gasteiger partial charge in [0.15, 0.2) is 0 Å². The van der Waals surface area contributed by atoms with Gasteiger partial charge >= 0.3 is 0 Å². The fourth-order valence-electron chi connectivity index (χ4n) is 7.14. The van der Waals surface area contributed by atoms with Gasteiger partial charge in [-0.15, -0.1) is 0 Å². The Morgan fingerprint density at radius 1 is 0.326 bits per heavy atom. The first-order valence-electron chi connectivity index (χ1n) is 16.2. The van der Waals surface area contributed by atoms with Crippen molar-refractivity contribution in [2.24, 2.45) is 0 Å². The Kier molecular flexibility index (Phi) is 6.93. The minimum atomic E-state index is -1.48. The average molecular weight is 605 g/mol. The van der Waals surface area contributed by atoms with Crippen LogP contribution in [0.5, 0.6) is 0 Å². The van der Waals surface area contributed by atoms with Gasteiger partial charge in [-0.3, -0.25) is 0 Å². The summed E-state index contributed by atoms with van der Waals surface area (Å²) in [4.78, 5) is 0. The third kappa shape index (κ3) is 4.85. The van der Waals surface area contributed by atoms with Gasteiger partial charge in [-0.1, -0.05) is 183 Å². The third-order valence-electron chi connectivity index (χ3n) is 9.42. The summed E-state index contributed by atoms with van der Waals surface area (Å²) in [5, 5.41) is 9.17. The fourth-order valence-corrected chi connectivity index (χ4v) is 8.33. The smallest absolute Gasteiger partial charge is 0.0656 e. The Labute approximate surface area is 272 Å². The molecule has 0 atom stereocenters. The largest absolute Gasteiger partial charge is 0.0776 e. The molecule has 0 heterocycles. The van der Waals surface area contributed by atoms with Crippen LogP contribution in [0, 0.1) is 0 Å². The normalized spacial score (nSPS) is 11.8. The highest BCUT2D eigenvalue weighted by Crippen LogP contribution is 2.45. The average Bonchev–Trinajstić information content (AvgIpc) is 3.10. The Morgan fingerprint density at radius 2 is 0.826 bits per heavy atom. The van der Waals surface area contributed by atoms with Crippen LogP contribution in [-0.2, 0) is 0 Å². The van der Waals surface area contributed by atoms with E-state index in [4.69, 9.17) is 0 Å². The van der Waals surface area contributed by atoms with E-state index in [0.717, 1.165) is 0 Å². The Bertz CT molecular complexity index is 2340. The summed E-state index contributed by atoms with van der Waals surface area (Å²) >= 11 is 0. The van der Waals surface area contributed by atoms with Crippen LogP contribution in [0.4, 0.5) is 0 Å². The topological polar surface area (TPSA) is 0 Å². The molecule has 0 aromatic heterocycles. The first-order valence-corrected chi connectivity index (χ1v) is 19.7. The van der Waals surface area contributed by atoms with Gasteiger partial charge in [0.05, 0.1) is 8.07 Å². The molecule has 0 nitrogen and oxygen atoms in total. The Morgan fingerprint density at radius 3 is 1.46 bits per heavy atom. The van der Waals surface area contributed by atoms with Crippen molar-refractivity contribution in [2.45, 2.75) is 19.6 Å². The number of hydrogen-bond acceptors (Lipinski definition) is 0. The molecule has 8 rings (SSSR count). The van der Waals surface area contributed by atoms with Gasteiger partial charge < -0.3 is 0 Å². The molecule has 0 bridgehead atoms. The van der Waals surface area contributed by atoms with Crippen LogP contribution in [0.2, 0.25) is 19.6 Å². The zero-order valence-corrected chi connectivity index (χ0v) is 27.6. The van der Waals surface area contributed by atoms with E-state index in [1.165, 1.54) is 82.0 Å². The Hall–Kier alpha value is -5.24. The molecule has 1 heteroatoms. The molecule has 0 radical (unpaired) electrons. The molecule has 8 aromatic rings. The summed E-state index contributed by atoms with van der Waals surface area (Å²) < 4.78 is 0. The van der Waals surface area contributed by atoms with Gasteiger partial charge in [0.25, 0.3) is 0 Å². The van der Waals surface area contributed by atoms with Gasteiger partial charge in [-0.2, -0.15) is 0 Å². The van der Waals surface area contributed by atoms with Gasteiger partial charge in [-0.25, -0.2) is 0 Å². The lowest BCUT2D eigenvalue weighted by Crippen LogP contribution is -2.37. The SMILES string of the molecule is C[Si](C)(C)c1cccc(-c2c3ccccc3c(-c3ccc4cccc(-c5ccccc5-c5ccccc5)c4c3)c3ccccc23)c1. The van der Waals surface area contributed by atoms with Crippen LogP contribution < -0.4 is 5.19 Å². The van der Waals surface area contributed by atoms with Crippen molar-refractivity contribution in [1.29, 1.82) is 0 Å². The molecule has 0 fully saturated rings. The van der Waals surface area contributed by atoms with E-state index >= 15 is 0 Å². The maximum Gasteiger partial charge on any atom is 0.0776 e. The summed E-state index contributed by atoms with van der Waals surface area (Å²) in [6.07, 6.45) is 0. The monoisotopic (exact) mass is 604 g/mol. The van der Waals surface area contributed by atoms with Crippen molar-refractivity contribution in [3.05, 3.63) is 164 Å². The van der Waals surface area contributed by atoms with E-state index in [2.05, 4.69) is 183 Å². The number of fused-ring (bicyclic) bond motifs is 3. The van der Waals surface area contributed by atoms with Gasteiger partial charge in [0.1, 0.15) is 0 Å². The minimum absolute atomic E-state index is 1.23. The van der Waals surface area contributed by atoms with E-state index in [1.54, 1.807) is 0 Å². The molecule has 0 saturated carbocycles. The standard InChI is InChI=1S/C45H36Si/c1-46(2,3)35-19-13-18-33(29-35)44-39-22-9-11-24-41(39)45(42-25-12-10-23-40(42)44)34-28-27-32-17-14-26-38(43(32)30-34)37-21-8-7-20-36(37)31-15-5-4-6-16-31/h4-30H,1-3H3. The summed E-state index contributed by atoms with van der Waals surface area (Å²) in [7, 11) is -1.48. The van der Waals surface area contributed by atoms with Crippen molar-refractivity contribution < 1.29 is 0 Å². The van der Waals surface area contributed by atoms with Gasteiger partial charge in [-0.05, 0) is 82.9 Å². The number of hydrogen-bond donors (Lipinski definition) is 0. The second-order valence-corrected chi connectivity index (χ2v) is 18.4. The summed E-state index contributed by atoms with van der Waals surface area (Å²) in [5.41, 5.74) is 10.2. The van der Waals surface area contributed by atoms with E-state index in [9.17, 15) is 0 Å². The second kappa shape index (κ2) is 11.3. The fraction of sp³-hybridized carbons (Fsp3) is 0.0667. The van der Waals surface area contributed by atoms with Crippen LogP contribution in [0.1, 0.15) is 0 Å². The highest BCUT2D eigenvalue weighted by atomic mass is 28.3. The highest BCUT2D eigenvalue weighted by Gasteiger charge is 2.20. The zero-order valence-electron chi connectivity index (χ0n) is 26.6. The van der Waals surface area contributed by atoms with Crippen LogP contribution in [0.15, 0.2) is 164 Å². The van der Waals surface area contributed by atoms with Crippen molar-refractivity contribution in [1.82, 2.24) is 0 Å². The summed E-state index contributed by atoms with van der Waals surface area (Å²) in [5.74, 6) is 0. The van der Waals surface area contributed by atoms with Crippen LogP contribution in [0.3, 0.4) is 0 Å². The predicted octanol–water partition coefficient (Wildman–Crippen LogP) is 12.4. The summed E-state index contributed by atoms with van der Waals surface area (Å²) in [6.45, 7) is 7.28. The molecule has 0 amide bonds. The van der Waals surface area contributed by atoms with E-state index in [-0.39, 0.29) is 0 Å². The lowest BCUT2D eigenvalue weighted by molar-refractivity contribution is 1.60. The lowest BCUT2D eigenvalue weighted by atomic mass is 9.85. The van der Waals surface area contributed by atoms with Crippen molar-refractivity contribution in [3.63, 3.8) is 0 Å². The van der Waals surface area contributed by atoms with Crippen LogP contribution >= 0.6 is 0 Å². The molecular formula is C45H36Si. The minimum Gasteiger partial charge on any atom is -0.0656 e. The maximum atomic E-state index is 2.45. The number of benzene rings is 8. The molecule has 220 valence electrons. The first-order chi connectivity index (χ1) is 22.5. The van der Waals surface area contributed by atoms with Crippen LogP contribution in [0.25, 0.3) is 76.8 Å². The molecule has 0 aliphatic carbocycles. The van der Waals surface area contributed by atoms with Crippen molar-refractivity contribution >= 4 is 45.6 Å².